The number of Topliss-reactive ketones (excluding diaryl/α,β-unsaturated/α-hetero) is 2. The molecule has 0 amide bonds. The molecule has 3 aromatic rings. The van der Waals surface area contributed by atoms with Crippen molar-refractivity contribution >= 4 is 39.0 Å². The van der Waals surface area contributed by atoms with Gasteiger partial charge in [-0.2, -0.15) is 0 Å². The molecule has 2 saturated carbocycles. The summed E-state index contributed by atoms with van der Waals surface area (Å²) in [5.41, 5.74) is -0.155. The molecule has 6 bridgehead atoms. The third-order valence-corrected chi connectivity index (χ3v) is 17.4. The molecular weight excluding hydrogens is 817 g/mol. The van der Waals surface area contributed by atoms with Crippen molar-refractivity contribution in [3.63, 3.8) is 0 Å². The molecule has 7 N–H and O–H groups in total. The van der Waals surface area contributed by atoms with Gasteiger partial charge in [-0.05, 0) is 109 Å². The number of ether oxygens (including phenoxy) is 2. The topological polar surface area (TPSA) is 199 Å². The van der Waals surface area contributed by atoms with Crippen LogP contribution in [-0.2, 0) is 29.6 Å². The monoisotopic (exact) mass is 868 g/mol. The second-order valence-corrected chi connectivity index (χ2v) is 21.0. The Balaban J connectivity index is 1.08. The fraction of sp³-hybridized carbons (Fsp3) is 0.511. The van der Waals surface area contributed by atoms with E-state index >= 15 is 4.79 Å². The van der Waals surface area contributed by atoms with E-state index in [1.807, 2.05) is 30.5 Å². The van der Waals surface area contributed by atoms with Gasteiger partial charge in [0.2, 0.25) is 6.29 Å². The van der Waals surface area contributed by atoms with E-state index in [9.17, 15) is 35.4 Å². The van der Waals surface area contributed by atoms with Gasteiger partial charge in [0.1, 0.15) is 46.7 Å². The number of carbonyl (C=O) groups is 2. The van der Waals surface area contributed by atoms with Crippen LogP contribution in [0.3, 0.4) is 0 Å². The molecule has 3 fully saturated rings. The first-order valence-corrected chi connectivity index (χ1v) is 23.9. The minimum atomic E-state index is -2.23. The number of allylic oxidation sites excluding steroid dienone is 4. The van der Waals surface area contributed by atoms with Crippen molar-refractivity contribution in [1.82, 2.24) is 4.98 Å². The molecule has 5 aliphatic carbocycles. The Kier molecular flexibility index (Phi) is 10.5. The Labute approximate surface area is 362 Å². The lowest BCUT2D eigenvalue weighted by Crippen LogP contribution is -2.70. The zero-order chi connectivity index (χ0) is 42.3. The van der Waals surface area contributed by atoms with E-state index in [2.05, 4.69) is 11.4 Å². The van der Waals surface area contributed by atoms with Gasteiger partial charge in [-0.3, -0.25) is 9.59 Å². The zero-order valence-electron chi connectivity index (χ0n) is 33.8. The molecule has 14 heteroatoms. The Bertz CT molecular complexity index is 2330. The van der Waals surface area contributed by atoms with E-state index in [4.69, 9.17) is 14.5 Å². The number of ketones is 2. The highest BCUT2D eigenvalue weighted by atomic mass is 33.1. The molecule has 1 saturated heterocycles. The van der Waals surface area contributed by atoms with Crippen LogP contribution in [0.2, 0.25) is 0 Å². The number of hydrogen-bond acceptors (Lipinski definition) is 14. The number of aromatic nitrogens is 1. The van der Waals surface area contributed by atoms with E-state index in [0.717, 1.165) is 73.6 Å². The first-order valence-electron chi connectivity index (χ1n) is 21.5. The van der Waals surface area contributed by atoms with E-state index in [-0.39, 0.29) is 52.7 Å². The number of pyridine rings is 1. The summed E-state index contributed by atoms with van der Waals surface area (Å²) >= 11 is 0. The minimum absolute atomic E-state index is 0.0255. The van der Waals surface area contributed by atoms with Crippen LogP contribution >= 0.6 is 21.6 Å². The van der Waals surface area contributed by atoms with E-state index in [0.29, 0.717) is 23.7 Å². The second kappa shape index (κ2) is 15.5. The number of nitrogens with one attached hydrogen (secondary N) is 1. The van der Waals surface area contributed by atoms with Gasteiger partial charge in [-0.15, -0.1) is 0 Å². The summed E-state index contributed by atoms with van der Waals surface area (Å²) in [5.74, 6) is -1.15. The van der Waals surface area contributed by atoms with Crippen LogP contribution in [0.15, 0.2) is 78.2 Å². The van der Waals surface area contributed by atoms with Gasteiger partial charge in [0.05, 0.1) is 30.6 Å². The number of aliphatic hydroxyl groups is 6. The predicted molar refractivity (Wildman–Crippen MR) is 230 cm³/mol. The number of fused-ring (bicyclic) bond motifs is 3. The molecule has 2 aliphatic heterocycles. The van der Waals surface area contributed by atoms with Gasteiger partial charge in [0.25, 0.3) is 0 Å². The summed E-state index contributed by atoms with van der Waals surface area (Å²) in [6, 6.07) is 14.1. The lowest BCUT2D eigenvalue weighted by molar-refractivity contribution is -0.319. The SMILES string of the molecule is O=C1c2cccc3c2C(=O)C2(CSSCNc4cc5c(cn4)CCC4CC6(CCCC6)CC54CC4(O)C(O)C(CO)OC(O3)C4O)C(O)=CC(Cc3cccc(CO)c3)=CC12. The quantitative estimate of drug-likeness (QED) is 0.157. The fourth-order valence-electron chi connectivity index (χ4n) is 12.4. The number of benzene rings is 2. The normalized spacial score (nSPS) is 35.2. The lowest BCUT2D eigenvalue weighted by Gasteiger charge is -2.53. The first kappa shape index (κ1) is 41.3. The average Bonchev–Trinajstić information content (AvgIpc) is 3.85. The molecule has 10 rings (SSSR count). The molecule has 3 heterocycles. The molecule has 7 aliphatic rings. The number of rotatable bonds is 4. The first-order chi connectivity index (χ1) is 29.4. The van der Waals surface area contributed by atoms with Crippen molar-refractivity contribution in [1.29, 1.82) is 0 Å². The molecular formula is C47H52N2O10S2. The molecule has 2 aromatic carbocycles. The van der Waals surface area contributed by atoms with Crippen LogP contribution in [0, 0.1) is 22.7 Å². The summed E-state index contributed by atoms with van der Waals surface area (Å²) in [6.07, 6.45) is 6.86. The van der Waals surface area contributed by atoms with E-state index in [1.54, 1.807) is 24.3 Å². The largest absolute Gasteiger partial charge is 0.511 e. The highest BCUT2D eigenvalue weighted by Crippen LogP contribution is 2.66. The Hall–Kier alpha value is -3.73. The van der Waals surface area contributed by atoms with Crippen LogP contribution in [-0.4, -0.2) is 95.6 Å². The number of anilines is 1. The second-order valence-electron chi connectivity index (χ2n) is 18.6. The van der Waals surface area contributed by atoms with Crippen molar-refractivity contribution in [2.24, 2.45) is 22.7 Å². The molecule has 9 unspecified atom stereocenters. The van der Waals surface area contributed by atoms with Gasteiger partial charge in [0, 0.05) is 22.9 Å². The fourth-order valence-corrected chi connectivity index (χ4v) is 14.6. The number of carbonyl (C=O) groups excluding carboxylic acids is 2. The minimum Gasteiger partial charge on any atom is -0.511 e. The van der Waals surface area contributed by atoms with Gasteiger partial charge in [0.15, 0.2) is 11.6 Å². The number of aliphatic hydroxyl groups excluding tert-OH is 5. The van der Waals surface area contributed by atoms with Crippen molar-refractivity contribution in [2.75, 3.05) is 23.6 Å². The molecule has 0 radical (unpaired) electrons. The van der Waals surface area contributed by atoms with E-state index < -0.39 is 65.1 Å². The van der Waals surface area contributed by atoms with Gasteiger partial charge in [-0.25, -0.2) is 4.98 Å². The maximum absolute atomic E-state index is 15.3. The van der Waals surface area contributed by atoms with Gasteiger partial charge in [-0.1, -0.05) is 76.9 Å². The van der Waals surface area contributed by atoms with Gasteiger partial charge >= 0.3 is 0 Å². The smallest absolute Gasteiger partial charge is 0.229 e. The summed E-state index contributed by atoms with van der Waals surface area (Å²) in [5, 5.41) is 73.2. The molecule has 9 atom stereocenters. The van der Waals surface area contributed by atoms with Crippen molar-refractivity contribution in [2.45, 2.75) is 106 Å². The van der Waals surface area contributed by atoms with Crippen LogP contribution in [0.25, 0.3) is 0 Å². The lowest BCUT2D eigenvalue weighted by atomic mass is 9.58. The summed E-state index contributed by atoms with van der Waals surface area (Å²) in [4.78, 5) is 34.9. The molecule has 3 spiro atoms. The zero-order valence-corrected chi connectivity index (χ0v) is 35.4. The molecule has 12 nitrogen and oxygen atoms in total. The van der Waals surface area contributed by atoms with E-state index in [1.165, 1.54) is 27.7 Å². The summed E-state index contributed by atoms with van der Waals surface area (Å²) in [7, 11) is 2.80. The average molecular weight is 869 g/mol. The molecule has 322 valence electrons. The molecule has 61 heavy (non-hydrogen) atoms. The number of nitrogens with zero attached hydrogens (tertiary/aromatic N) is 1. The predicted octanol–water partition coefficient (Wildman–Crippen LogP) is 5.74. The Morgan fingerprint density at radius 1 is 0.967 bits per heavy atom. The third kappa shape index (κ3) is 6.53. The highest BCUT2D eigenvalue weighted by molar-refractivity contribution is 8.76. The third-order valence-electron chi connectivity index (χ3n) is 15.2. The Morgan fingerprint density at radius 3 is 2.57 bits per heavy atom. The van der Waals surface area contributed by atoms with Crippen molar-refractivity contribution in [3.05, 3.63) is 112 Å². The maximum atomic E-state index is 15.3. The van der Waals surface area contributed by atoms with Crippen LogP contribution in [0.5, 0.6) is 5.75 Å². The summed E-state index contributed by atoms with van der Waals surface area (Å²) in [6.45, 7) is -0.821. The van der Waals surface area contributed by atoms with Crippen molar-refractivity contribution in [3.8, 4) is 5.75 Å². The summed E-state index contributed by atoms with van der Waals surface area (Å²) < 4.78 is 12.5. The van der Waals surface area contributed by atoms with Crippen LogP contribution < -0.4 is 10.1 Å². The van der Waals surface area contributed by atoms with Gasteiger partial charge < -0.3 is 45.4 Å². The van der Waals surface area contributed by atoms with Crippen molar-refractivity contribution < 1.29 is 49.7 Å². The standard InChI is InChI=1S/C47H52N2O10S2/c50-20-27-6-3-5-26(13-27)14-28-15-33-39(53)31-7-4-8-34-38(31)41(55)46(33,36(52)16-28)24-60-61-25-49-37-17-32-29(19-48-37)9-10-30-18-44(11-1-2-12-44)22-45(30,32)23-47(57)40(54)35(21-51)59-43(58-34)42(47)56/h3-8,13,15-17,19,30,33,35,40,42-43,50-52,54,56-57H,1-2,9-12,14,18,20-25H2,(H,48,49). The maximum Gasteiger partial charge on any atom is 0.229 e. The number of hydrogen-bond donors (Lipinski definition) is 7. The van der Waals surface area contributed by atoms with Crippen LogP contribution in [0.1, 0.15) is 94.3 Å². The molecule has 1 aromatic heterocycles. The van der Waals surface area contributed by atoms with Crippen LogP contribution in [0.4, 0.5) is 5.82 Å². The Morgan fingerprint density at radius 2 is 1.77 bits per heavy atom. The highest BCUT2D eigenvalue weighted by Gasteiger charge is 2.65. The number of aryl methyl sites for hydroxylation is 1.